The van der Waals surface area contributed by atoms with E-state index < -0.39 is 0 Å². The lowest BCUT2D eigenvalue weighted by Crippen LogP contribution is -2.27. The molecule has 1 N–H and O–H groups in total. The smallest absolute Gasteiger partial charge is 0.230 e. The second-order valence-corrected chi connectivity index (χ2v) is 8.13. The van der Waals surface area contributed by atoms with Crippen molar-refractivity contribution < 1.29 is 13.9 Å². The number of thioether (sulfide) groups is 1. The van der Waals surface area contributed by atoms with Gasteiger partial charge in [-0.25, -0.2) is 4.39 Å². The first kappa shape index (κ1) is 22.5. The zero-order valence-electron chi connectivity index (χ0n) is 18.1. The minimum atomic E-state index is -0.316. The average molecular weight is 463 g/mol. The van der Waals surface area contributed by atoms with Gasteiger partial charge in [-0.05, 0) is 54.4 Å². The minimum absolute atomic E-state index is 0.0964. The molecule has 0 aliphatic carbocycles. The number of halogens is 1. The van der Waals surface area contributed by atoms with Crippen LogP contribution in [-0.2, 0) is 11.2 Å². The van der Waals surface area contributed by atoms with Gasteiger partial charge in [-0.15, -0.1) is 10.2 Å². The summed E-state index contributed by atoms with van der Waals surface area (Å²) in [4.78, 5) is 12.5. The Morgan fingerprint density at radius 3 is 2.48 bits per heavy atom. The molecular weight excluding hydrogens is 439 g/mol. The first-order valence-corrected chi connectivity index (χ1v) is 11.4. The summed E-state index contributed by atoms with van der Waals surface area (Å²) < 4.78 is 20.6. The van der Waals surface area contributed by atoms with Crippen LogP contribution >= 0.6 is 11.8 Å². The van der Waals surface area contributed by atoms with E-state index in [4.69, 9.17) is 4.74 Å². The molecule has 0 aliphatic rings. The lowest BCUT2D eigenvalue weighted by Gasteiger charge is -2.11. The van der Waals surface area contributed by atoms with Gasteiger partial charge < -0.3 is 10.1 Å². The number of ether oxygens (including phenoxy) is 1. The number of para-hydroxylation sites is 2. The normalized spacial score (nSPS) is 10.7. The van der Waals surface area contributed by atoms with E-state index in [0.29, 0.717) is 23.9 Å². The first-order valence-electron chi connectivity index (χ1n) is 10.4. The molecule has 1 heterocycles. The highest BCUT2D eigenvalue weighted by molar-refractivity contribution is 7.99. The number of hydrogen-bond acceptors (Lipinski definition) is 5. The van der Waals surface area contributed by atoms with Crippen molar-refractivity contribution in [2.45, 2.75) is 11.6 Å². The number of rotatable bonds is 9. The number of nitrogens with zero attached hydrogens (tertiary/aromatic N) is 3. The summed E-state index contributed by atoms with van der Waals surface area (Å²) >= 11 is 1.30. The van der Waals surface area contributed by atoms with E-state index >= 15 is 0 Å². The largest absolute Gasteiger partial charge is 0.496 e. The molecule has 3 aromatic carbocycles. The molecular formula is C25H23FN4O2S. The Morgan fingerprint density at radius 2 is 1.73 bits per heavy atom. The van der Waals surface area contributed by atoms with Crippen LogP contribution in [0.2, 0.25) is 0 Å². The van der Waals surface area contributed by atoms with Crippen molar-refractivity contribution in [1.82, 2.24) is 20.1 Å². The van der Waals surface area contributed by atoms with Crippen molar-refractivity contribution in [2.24, 2.45) is 0 Å². The molecule has 0 saturated carbocycles. The minimum Gasteiger partial charge on any atom is -0.496 e. The summed E-state index contributed by atoms with van der Waals surface area (Å²) in [6, 6.07) is 23.5. The fourth-order valence-electron chi connectivity index (χ4n) is 3.39. The van der Waals surface area contributed by atoms with Crippen molar-refractivity contribution in [3.63, 3.8) is 0 Å². The summed E-state index contributed by atoms with van der Waals surface area (Å²) in [6.45, 7) is 0.506. The van der Waals surface area contributed by atoms with Crippen LogP contribution in [0, 0.1) is 5.82 Å². The number of amides is 1. The maximum absolute atomic E-state index is 13.4. The van der Waals surface area contributed by atoms with Crippen LogP contribution in [0.25, 0.3) is 17.1 Å². The molecule has 0 fully saturated rings. The molecule has 4 aromatic rings. The molecule has 33 heavy (non-hydrogen) atoms. The predicted octanol–water partition coefficient (Wildman–Crippen LogP) is 4.53. The average Bonchev–Trinajstić information content (AvgIpc) is 3.28. The zero-order chi connectivity index (χ0) is 23.0. The van der Waals surface area contributed by atoms with Crippen LogP contribution in [0.5, 0.6) is 5.75 Å². The Morgan fingerprint density at radius 1 is 1.00 bits per heavy atom. The van der Waals surface area contributed by atoms with E-state index in [1.807, 2.05) is 59.2 Å². The molecule has 0 atom stereocenters. The summed E-state index contributed by atoms with van der Waals surface area (Å²) in [5.41, 5.74) is 2.64. The highest BCUT2D eigenvalue weighted by Crippen LogP contribution is 2.28. The van der Waals surface area contributed by atoms with Gasteiger partial charge in [-0.3, -0.25) is 9.36 Å². The van der Waals surface area contributed by atoms with Gasteiger partial charge in [-0.2, -0.15) is 0 Å². The van der Waals surface area contributed by atoms with E-state index in [2.05, 4.69) is 15.5 Å². The van der Waals surface area contributed by atoms with Gasteiger partial charge in [0, 0.05) is 17.8 Å². The summed E-state index contributed by atoms with van der Waals surface area (Å²) in [5.74, 6) is 1.18. The van der Waals surface area contributed by atoms with Crippen LogP contribution < -0.4 is 10.1 Å². The van der Waals surface area contributed by atoms with Gasteiger partial charge in [0.1, 0.15) is 11.6 Å². The van der Waals surface area contributed by atoms with Crippen molar-refractivity contribution in [3.8, 4) is 22.8 Å². The second-order valence-electron chi connectivity index (χ2n) is 7.18. The van der Waals surface area contributed by atoms with Crippen LogP contribution in [0.15, 0.2) is 84.0 Å². The van der Waals surface area contributed by atoms with Crippen molar-refractivity contribution in [3.05, 3.63) is 90.2 Å². The molecule has 1 amide bonds. The summed E-state index contributed by atoms with van der Waals surface area (Å²) in [5, 5.41) is 12.1. The topological polar surface area (TPSA) is 69.0 Å². The molecule has 0 aliphatic heterocycles. The lowest BCUT2D eigenvalue weighted by molar-refractivity contribution is -0.118. The van der Waals surface area contributed by atoms with E-state index in [0.717, 1.165) is 22.6 Å². The highest BCUT2D eigenvalue weighted by Gasteiger charge is 2.17. The Kier molecular flexibility index (Phi) is 7.36. The number of carbonyl (C=O) groups excluding carboxylic acids is 1. The van der Waals surface area contributed by atoms with Gasteiger partial charge in [-0.1, -0.05) is 48.2 Å². The molecule has 0 spiro atoms. The Bertz CT molecular complexity index is 1210. The molecule has 0 unspecified atom stereocenters. The lowest BCUT2D eigenvalue weighted by atomic mass is 10.1. The van der Waals surface area contributed by atoms with Crippen LogP contribution in [0.4, 0.5) is 4.39 Å². The number of hydrogen-bond donors (Lipinski definition) is 1. The molecule has 168 valence electrons. The van der Waals surface area contributed by atoms with Crippen LogP contribution in [0.3, 0.4) is 0 Å². The maximum atomic E-state index is 13.4. The number of benzene rings is 3. The quantitative estimate of drug-likeness (QED) is 0.370. The Hall–Kier alpha value is -3.65. The maximum Gasteiger partial charge on any atom is 0.230 e. The number of methoxy groups -OCH3 is 1. The van der Waals surface area contributed by atoms with Crippen molar-refractivity contribution in [2.75, 3.05) is 19.4 Å². The fraction of sp³-hybridized carbons (Fsp3) is 0.160. The third kappa shape index (κ3) is 5.59. The van der Waals surface area contributed by atoms with Crippen molar-refractivity contribution >= 4 is 17.7 Å². The Labute approximate surface area is 195 Å². The van der Waals surface area contributed by atoms with Gasteiger partial charge in [0.25, 0.3) is 0 Å². The van der Waals surface area contributed by atoms with E-state index in [1.54, 1.807) is 19.2 Å². The van der Waals surface area contributed by atoms with Crippen molar-refractivity contribution in [1.29, 1.82) is 0 Å². The van der Waals surface area contributed by atoms with Gasteiger partial charge >= 0.3 is 0 Å². The molecule has 0 radical (unpaired) electrons. The summed E-state index contributed by atoms with van der Waals surface area (Å²) in [6.07, 6.45) is 0.676. The molecule has 1 aromatic heterocycles. The molecule has 8 heteroatoms. The molecule has 4 rings (SSSR count). The SMILES string of the molecule is COc1ccccc1CCNC(=O)CSc1nnc(-c2ccc(F)cc2)n1-c1ccccc1. The third-order valence-electron chi connectivity index (χ3n) is 4.99. The fourth-order valence-corrected chi connectivity index (χ4v) is 4.17. The third-order valence-corrected chi connectivity index (χ3v) is 5.92. The Balaban J connectivity index is 1.44. The van der Waals surface area contributed by atoms with E-state index in [9.17, 15) is 9.18 Å². The highest BCUT2D eigenvalue weighted by atomic mass is 32.2. The number of carbonyl (C=O) groups is 1. The first-order chi connectivity index (χ1) is 16.2. The summed E-state index contributed by atoms with van der Waals surface area (Å²) in [7, 11) is 1.64. The van der Waals surface area contributed by atoms with Gasteiger partial charge in [0.2, 0.25) is 5.91 Å². The zero-order valence-corrected chi connectivity index (χ0v) is 18.9. The monoisotopic (exact) mass is 462 g/mol. The number of aromatic nitrogens is 3. The molecule has 0 bridgehead atoms. The van der Waals surface area contributed by atoms with E-state index in [1.165, 1.54) is 23.9 Å². The number of nitrogens with one attached hydrogen (secondary N) is 1. The van der Waals surface area contributed by atoms with Gasteiger partial charge in [0.15, 0.2) is 11.0 Å². The predicted molar refractivity (Wildman–Crippen MR) is 127 cm³/mol. The second kappa shape index (κ2) is 10.8. The van der Waals surface area contributed by atoms with Gasteiger partial charge in [0.05, 0.1) is 12.9 Å². The van der Waals surface area contributed by atoms with E-state index in [-0.39, 0.29) is 17.5 Å². The van der Waals surface area contributed by atoms with Crippen LogP contribution in [0.1, 0.15) is 5.56 Å². The molecule has 6 nitrogen and oxygen atoms in total. The standard InChI is InChI=1S/C25H23FN4O2S/c1-32-22-10-6-5-7-18(22)15-16-27-23(31)17-33-25-29-28-24(19-11-13-20(26)14-12-19)30(25)21-8-3-2-4-9-21/h2-14H,15-17H2,1H3,(H,27,31). The molecule has 0 saturated heterocycles. The van der Waals surface area contributed by atoms with Crippen LogP contribution in [-0.4, -0.2) is 40.1 Å².